The van der Waals surface area contributed by atoms with Crippen LogP contribution in [0.4, 0.5) is 0 Å². The highest BCUT2D eigenvalue weighted by atomic mass is 35.5. The van der Waals surface area contributed by atoms with Gasteiger partial charge >= 0.3 is 0 Å². The van der Waals surface area contributed by atoms with E-state index in [9.17, 15) is 0 Å². The van der Waals surface area contributed by atoms with E-state index in [2.05, 4.69) is 0 Å². The van der Waals surface area contributed by atoms with Gasteiger partial charge in [0.15, 0.2) is 0 Å². The fourth-order valence-corrected chi connectivity index (χ4v) is 2.42. The van der Waals surface area contributed by atoms with Crippen LogP contribution in [0.3, 0.4) is 0 Å². The molecule has 94 valence electrons. The van der Waals surface area contributed by atoms with Gasteiger partial charge < -0.3 is 10.5 Å². The lowest BCUT2D eigenvalue weighted by molar-refractivity contribution is 0.0194. The van der Waals surface area contributed by atoms with Crippen LogP contribution in [0.5, 0.6) is 0 Å². The monoisotopic (exact) mass is 253 g/mol. The van der Waals surface area contributed by atoms with Crippen LogP contribution in [0.2, 0.25) is 5.02 Å². The molecule has 1 aromatic rings. The summed E-state index contributed by atoms with van der Waals surface area (Å²) < 4.78 is 5.93. The van der Waals surface area contributed by atoms with E-state index >= 15 is 0 Å². The fourth-order valence-electron chi connectivity index (χ4n) is 2.29. The molecular weight excluding hydrogens is 234 g/mol. The molecule has 2 nitrogen and oxygen atoms in total. The standard InChI is InChI=1S/C14H20ClNO/c15-12-8-6-11(7-9-12)10-17-14-5-3-1-2-4-13(14)16/h6-9,13-14H,1-5,10,16H2. The highest BCUT2D eigenvalue weighted by Crippen LogP contribution is 2.20. The van der Waals surface area contributed by atoms with E-state index in [1.54, 1.807) is 0 Å². The predicted molar refractivity (Wildman–Crippen MR) is 71.1 cm³/mol. The molecule has 0 saturated heterocycles. The van der Waals surface area contributed by atoms with Crippen molar-refractivity contribution in [3.63, 3.8) is 0 Å². The molecule has 2 rings (SSSR count). The van der Waals surface area contributed by atoms with Crippen LogP contribution in [0.25, 0.3) is 0 Å². The summed E-state index contributed by atoms with van der Waals surface area (Å²) in [6.07, 6.45) is 6.16. The molecule has 1 aliphatic carbocycles. The van der Waals surface area contributed by atoms with Crippen LogP contribution >= 0.6 is 11.6 Å². The molecule has 17 heavy (non-hydrogen) atoms. The number of nitrogens with two attached hydrogens (primary N) is 1. The van der Waals surface area contributed by atoms with Gasteiger partial charge in [0.2, 0.25) is 0 Å². The normalized spacial score (nSPS) is 25.5. The lowest BCUT2D eigenvalue weighted by Crippen LogP contribution is -2.35. The van der Waals surface area contributed by atoms with Gasteiger partial charge in [0.05, 0.1) is 12.7 Å². The van der Waals surface area contributed by atoms with Crippen molar-refractivity contribution >= 4 is 11.6 Å². The fraction of sp³-hybridized carbons (Fsp3) is 0.571. The van der Waals surface area contributed by atoms with Crippen molar-refractivity contribution < 1.29 is 4.74 Å². The summed E-state index contributed by atoms with van der Waals surface area (Å²) in [6.45, 7) is 0.634. The van der Waals surface area contributed by atoms with Crippen LogP contribution in [0.15, 0.2) is 24.3 Å². The van der Waals surface area contributed by atoms with E-state index in [0.717, 1.165) is 23.4 Å². The minimum Gasteiger partial charge on any atom is -0.372 e. The zero-order chi connectivity index (χ0) is 12.1. The third-order valence-electron chi connectivity index (χ3n) is 3.38. The van der Waals surface area contributed by atoms with E-state index in [-0.39, 0.29) is 12.1 Å². The van der Waals surface area contributed by atoms with Crippen molar-refractivity contribution in [3.05, 3.63) is 34.9 Å². The summed E-state index contributed by atoms with van der Waals surface area (Å²) in [7, 11) is 0. The van der Waals surface area contributed by atoms with E-state index in [4.69, 9.17) is 22.1 Å². The summed E-state index contributed by atoms with van der Waals surface area (Å²) in [5.74, 6) is 0. The molecule has 0 amide bonds. The number of benzene rings is 1. The van der Waals surface area contributed by atoms with Crippen LogP contribution in [0, 0.1) is 0 Å². The topological polar surface area (TPSA) is 35.2 Å². The molecule has 1 fully saturated rings. The van der Waals surface area contributed by atoms with Crippen molar-refractivity contribution in [2.75, 3.05) is 0 Å². The van der Waals surface area contributed by atoms with Crippen molar-refractivity contribution in [1.82, 2.24) is 0 Å². The Morgan fingerprint density at radius 1 is 1.12 bits per heavy atom. The first kappa shape index (κ1) is 12.9. The van der Waals surface area contributed by atoms with Gasteiger partial charge in [-0.3, -0.25) is 0 Å². The lowest BCUT2D eigenvalue weighted by atomic mass is 10.1. The molecule has 0 spiro atoms. The second-order valence-electron chi connectivity index (χ2n) is 4.78. The maximum atomic E-state index is 6.12. The first-order chi connectivity index (χ1) is 8.25. The highest BCUT2D eigenvalue weighted by Gasteiger charge is 2.20. The second kappa shape index (κ2) is 6.39. The number of halogens is 1. The Balaban J connectivity index is 1.85. The van der Waals surface area contributed by atoms with Crippen LogP contribution in [0.1, 0.15) is 37.7 Å². The number of rotatable bonds is 3. The van der Waals surface area contributed by atoms with E-state index in [0.29, 0.717) is 6.61 Å². The summed E-state index contributed by atoms with van der Waals surface area (Å²) >= 11 is 5.84. The van der Waals surface area contributed by atoms with Crippen LogP contribution in [-0.4, -0.2) is 12.1 Å². The lowest BCUT2D eigenvalue weighted by Gasteiger charge is -2.21. The van der Waals surface area contributed by atoms with Gasteiger partial charge in [-0.2, -0.15) is 0 Å². The molecule has 0 aromatic heterocycles. The van der Waals surface area contributed by atoms with Gasteiger partial charge in [-0.1, -0.05) is 43.0 Å². The second-order valence-corrected chi connectivity index (χ2v) is 5.21. The van der Waals surface area contributed by atoms with Gasteiger partial charge in [-0.25, -0.2) is 0 Å². The summed E-state index contributed by atoms with van der Waals surface area (Å²) in [6, 6.07) is 8.00. The molecule has 2 N–H and O–H groups in total. The number of hydrogen-bond acceptors (Lipinski definition) is 2. The SMILES string of the molecule is NC1CCCCCC1OCc1ccc(Cl)cc1. The third kappa shape index (κ3) is 3.98. The molecule has 0 radical (unpaired) electrons. The maximum Gasteiger partial charge on any atom is 0.0730 e. The first-order valence-electron chi connectivity index (χ1n) is 6.37. The number of ether oxygens (including phenoxy) is 1. The molecule has 0 bridgehead atoms. The van der Waals surface area contributed by atoms with E-state index in [1.165, 1.54) is 19.3 Å². The molecule has 2 unspecified atom stereocenters. The van der Waals surface area contributed by atoms with Crippen LogP contribution in [-0.2, 0) is 11.3 Å². The van der Waals surface area contributed by atoms with Crippen molar-refractivity contribution in [2.45, 2.75) is 50.9 Å². The largest absolute Gasteiger partial charge is 0.372 e. The van der Waals surface area contributed by atoms with Crippen molar-refractivity contribution in [2.24, 2.45) is 5.73 Å². The Hall–Kier alpha value is -0.570. The Bertz CT molecular complexity index is 339. The molecular formula is C14H20ClNO. The van der Waals surface area contributed by atoms with Gasteiger partial charge in [-0.15, -0.1) is 0 Å². The minimum absolute atomic E-state index is 0.199. The third-order valence-corrected chi connectivity index (χ3v) is 3.63. The van der Waals surface area contributed by atoms with E-state index in [1.807, 2.05) is 24.3 Å². The zero-order valence-corrected chi connectivity index (χ0v) is 10.8. The van der Waals surface area contributed by atoms with Crippen molar-refractivity contribution in [1.29, 1.82) is 0 Å². The van der Waals surface area contributed by atoms with Crippen LogP contribution < -0.4 is 5.73 Å². The number of hydrogen-bond donors (Lipinski definition) is 1. The zero-order valence-electron chi connectivity index (χ0n) is 10.1. The first-order valence-corrected chi connectivity index (χ1v) is 6.75. The van der Waals surface area contributed by atoms with Gasteiger partial charge in [0, 0.05) is 11.1 Å². The molecule has 1 aromatic carbocycles. The average Bonchev–Trinajstić information content (AvgIpc) is 2.54. The van der Waals surface area contributed by atoms with Gasteiger partial charge in [-0.05, 0) is 30.5 Å². The van der Waals surface area contributed by atoms with E-state index < -0.39 is 0 Å². The Morgan fingerprint density at radius 3 is 2.59 bits per heavy atom. The Morgan fingerprint density at radius 2 is 1.82 bits per heavy atom. The van der Waals surface area contributed by atoms with Crippen molar-refractivity contribution in [3.8, 4) is 0 Å². The average molecular weight is 254 g/mol. The molecule has 0 heterocycles. The van der Waals surface area contributed by atoms with Gasteiger partial charge in [0.1, 0.15) is 0 Å². The van der Waals surface area contributed by atoms with Gasteiger partial charge in [0.25, 0.3) is 0 Å². The Kier molecular flexibility index (Phi) is 4.84. The summed E-state index contributed by atoms with van der Waals surface area (Å²) in [4.78, 5) is 0. The maximum absolute atomic E-state index is 6.12. The molecule has 0 aliphatic heterocycles. The highest BCUT2D eigenvalue weighted by molar-refractivity contribution is 6.30. The molecule has 1 aliphatic rings. The minimum atomic E-state index is 0.199. The molecule has 1 saturated carbocycles. The summed E-state index contributed by atoms with van der Waals surface area (Å²) in [5, 5.41) is 0.764. The molecule has 2 atom stereocenters. The molecule has 3 heteroatoms. The Labute approximate surface area is 108 Å². The summed E-state index contributed by atoms with van der Waals surface area (Å²) in [5.41, 5.74) is 7.28. The smallest absolute Gasteiger partial charge is 0.0730 e. The predicted octanol–water partition coefficient (Wildman–Crippen LogP) is 3.52. The quantitative estimate of drug-likeness (QED) is 0.837.